The number of hydrogen-bond donors (Lipinski definition) is 1. The van der Waals surface area contributed by atoms with E-state index < -0.39 is 0 Å². The standard InChI is InChI=1S/C13H13ClN2S/c14-10-5-1-8(2-6-10)7-11-12(9-3-4-9)16-13(15)17-11/h1-2,5-6,9H,3-4,7H2,(H2,15,16). The smallest absolute Gasteiger partial charge is 0.180 e. The van der Waals surface area contributed by atoms with Crippen LogP contribution in [0.1, 0.15) is 34.9 Å². The van der Waals surface area contributed by atoms with Crippen LogP contribution in [-0.4, -0.2) is 4.98 Å². The van der Waals surface area contributed by atoms with E-state index in [1.54, 1.807) is 11.3 Å². The van der Waals surface area contributed by atoms with Crippen molar-refractivity contribution < 1.29 is 0 Å². The number of nitrogen functional groups attached to an aromatic ring is 1. The largest absolute Gasteiger partial charge is 0.375 e. The number of anilines is 1. The Morgan fingerprint density at radius 2 is 2.00 bits per heavy atom. The van der Waals surface area contributed by atoms with Crippen molar-refractivity contribution in [2.75, 3.05) is 5.73 Å². The van der Waals surface area contributed by atoms with Crippen molar-refractivity contribution in [2.24, 2.45) is 0 Å². The predicted octanol–water partition coefficient (Wildman–Crippen LogP) is 3.85. The molecule has 1 aromatic heterocycles. The van der Waals surface area contributed by atoms with Gasteiger partial charge in [0.05, 0.1) is 5.69 Å². The Morgan fingerprint density at radius 3 is 2.65 bits per heavy atom. The first kappa shape index (κ1) is 11.1. The molecule has 17 heavy (non-hydrogen) atoms. The van der Waals surface area contributed by atoms with E-state index in [2.05, 4.69) is 17.1 Å². The average Bonchev–Trinajstić information content (AvgIpc) is 3.07. The van der Waals surface area contributed by atoms with Gasteiger partial charge in [0.25, 0.3) is 0 Å². The third kappa shape index (κ3) is 2.45. The molecular weight excluding hydrogens is 252 g/mol. The monoisotopic (exact) mass is 264 g/mol. The molecule has 2 N–H and O–H groups in total. The van der Waals surface area contributed by atoms with Crippen molar-refractivity contribution in [3.8, 4) is 0 Å². The fraction of sp³-hybridized carbons (Fsp3) is 0.308. The minimum atomic E-state index is 0.658. The fourth-order valence-electron chi connectivity index (χ4n) is 1.97. The number of aromatic nitrogens is 1. The van der Waals surface area contributed by atoms with E-state index >= 15 is 0 Å². The number of thiazole rings is 1. The minimum absolute atomic E-state index is 0.658. The average molecular weight is 265 g/mol. The molecule has 1 aromatic carbocycles. The van der Waals surface area contributed by atoms with Gasteiger partial charge in [-0.2, -0.15) is 0 Å². The van der Waals surface area contributed by atoms with Crippen LogP contribution in [0.4, 0.5) is 5.13 Å². The number of halogens is 1. The van der Waals surface area contributed by atoms with Crippen molar-refractivity contribution in [3.63, 3.8) is 0 Å². The van der Waals surface area contributed by atoms with Crippen LogP contribution in [0.3, 0.4) is 0 Å². The summed E-state index contributed by atoms with van der Waals surface area (Å²) in [6.07, 6.45) is 3.44. The van der Waals surface area contributed by atoms with E-state index in [1.807, 2.05) is 12.1 Å². The van der Waals surface area contributed by atoms with E-state index in [0.717, 1.165) is 11.4 Å². The van der Waals surface area contributed by atoms with Gasteiger partial charge >= 0.3 is 0 Å². The predicted molar refractivity (Wildman–Crippen MR) is 72.8 cm³/mol. The first-order valence-electron chi connectivity index (χ1n) is 5.72. The molecule has 0 spiro atoms. The second-order valence-electron chi connectivity index (χ2n) is 4.44. The zero-order valence-electron chi connectivity index (χ0n) is 9.32. The van der Waals surface area contributed by atoms with Crippen LogP contribution in [0.15, 0.2) is 24.3 Å². The lowest BCUT2D eigenvalue weighted by molar-refractivity contribution is 1.01. The molecule has 0 bridgehead atoms. The molecule has 4 heteroatoms. The van der Waals surface area contributed by atoms with E-state index in [1.165, 1.54) is 29.0 Å². The Balaban J connectivity index is 1.86. The van der Waals surface area contributed by atoms with Gasteiger partial charge in [-0.25, -0.2) is 4.98 Å². The number of benzene rings is 1. The van der Waals surface area contributed by atoms with Crippen LogP contribution in [0.25, 0.3) is 0 Å². The molecule has 0 aliphatic heterocycles. The molecule has 1 aliphatic carbocycles. The van der Waals surface area contributed by atoms with Gasteiger partial charge in [0, 0.05) is 22.2 Å². The SMILES string of the molecule is Nc1nc(C2CC2)c(Cc2ccc(Cl)cc2)s1. The third-order valence-corrected chi connectivity index (χ3v) is 4.14. The molecule has 1 heterocycles. The summed E-state index contributed by atoms with van der Waals surface area (Å²) in [7, 11) is 0. The Morgan fingerprint density at radius 1 is 1.29 bits per heavy atom. The zero-order chi connectivity index (χ0) is 11.8. The molecule has 0 unspecified atom stereocenters. The molecular formula is C13H13ClN2S. The quantitative estimate of drug-likeness (QED) is 0.915. The van der Waals surface area contributed by atoms with Crippen LogP contribution < -0.4 is 5.73 Å². The number of nitrogens with two attached hydrogens (primary N) is 1. The molecule has 0 atom stereocenters. The Kier molecular flexibility index (Phi) is 2.81. The summed E-state index contributed by atoms with van der Waals surface area (Å²) in [4.78, 5) is 5.77. The summed E-state index contributed by atoms with van der Waals surface area (Å²) < 4.78 is 0. The van der Waals surface area contributed by atoms with Crippen LogP contribution in [0.2, 0.25) is 5.02 Å². The highest BCUT2D eigenvalue weighted by atomic mass is 35.5. The van der Waals surface area contributed by atoms with Gasteiger partial charge in [-0.3, -0.25) is 0 Å². The van der Waals surface area contributed by atoms with Crippen molar-refractivity contribution >= 4 is 28.1 Å². The van der Waals surface area contributed by atoms with Crippen LogP contribution >= 0.6 is 22.9 Å². The third-order valence-electron chi connectivity index (χ3n) is 2.99. The molecule has 0 radical (unpaired) electrons. The highest BCUT2D eigenvalue weighted by Gasteiger charge is 2.29. The van der Waals surface area contributed by atoms with E-state index in [9.17, 15) is 0 Å². The summed E-state index contributed by atoms with van der Waals surface area (Å²) in [6, 6.07) is 7.99. The van der Waals surface area contributed by atoms with Crippen LogP contribution in [0, 0.1) is 0 Å². The van der Waals surface area contributed by atoms with Gasteiger partial charge in [0.15, 0.2) is 5.13 Å². The highest BCUT2D eigenvalue weighted by Crippen LogP contribution is 2.43. The topological polar surface area (TPSA) is 38.9 Å². The van der Waals surface area contributed by atoms with Crippen LogP contribution in [-0.2, 0) is 6.42 Å². The van der Waals surface area contributed by atoms with Gasteiger partial charge < -0.3 is 5.73 Å². The van der Waals surface area contributed by atoms with Gasteiger partial charge in [0.2, 0.25) is 0 Å². The van der Waals surface area contributed by atoms with Gasteiger partial charge in [-0.15, -0.1) is 11.3 Å². The van der Waals surface area contributed by atoms with Crippen molar-refractivity contribution in [2.45, 2.75) is 25.2 Å². The Labute approximate surface area is 109 Å². The molecule has 88 valence electrons. The number of nitrogens with zero attached hydrogens (tertiary/aromatic N) is 1. The fourth-order valence-corrected chi connectivity index (χ4v) is 3.05. The lowest BCUT2D eigenvalue weighted by Crippen LogP contribution is -1.91. The molecule has 1 fully saturated rings. The summed E-state index contributed by atoms with van der Waals surface area (Å²) >= 11 is 7.50. The van der Waals surface area contributed by atoms with Crippen molar-refractivity contribution in [1.29, 1.82) is 0 Å². The maximum Gasteiger partial charge on any atom is 0.180 e. The van der Waals surface area contributed by atoms with E-state index in [-0.39, 0.29) is 0 Å². The molecule has 2 aromatic rings. The maximum atomic E-state index is 5.88. The lowest BCUT2D eigenvalue weighted by atomic mass is 10.1. The Bertz CT molecular complexity index is 529. The molecule has 0 saturated heterocycles. The molecule has 3 rings (SSSR count). The molecule has 1 saturated carbocycles. The Hall–Kier alpha value is -1.06. The maximum absolute atomic E-state index is 5.88. The zero-order valence-corrected chi connectivity index (χ0v) is 10.9. The van der Waals surface area contributed by atoms with Crippen LogP contribution in [0.5, 0.6) is 0 Å². The summed E-state index contributed by atoms with van der Waals surface area (Å²) in [5, 5.41) is 1.47. The first-order chi connectivity index (χ1) is 8.22. The molecule has 2 nitrogen and oxygen atoms in total. The summed E-state index contributed by atoms with van der Waals surface area (Å²) in [6.45, 7) is 0. The van der Waals surface area contributed by atoms with Gasteiger partial charge in [-0.05, 0) is 30.5 Å². The summed E-state index contributed by atoms with van der Waals surface area (Å²) in [5.41, 5.74) is 8.30. The first-order valence-corrected chi connectivity index (χ1v) is 6.91. The second kappa shape index (κ2) is 4.31. The van der Waals surface area contributed by atoms with E-state index in [0.29, 0.717) is 11.0 Å². The summed E-state index contributed by atoms with van der Waals surface area (Å²) in [5.74, 6) is 0.658. The number of rotatable bonds is 3. The van der Waals surface area contributed by atoms with Gasteiger partial charge in [-0.1, -0.05) is 23.7 Å². The second-order valence-corrected chi connectivity index (χ2v) is 5.99. The highest BCUT2D eigenvalue weighted by molar-refractivity contribution is 7.15. The van der Waals surface area contributed by atoms with Crippen molar-refractivity contribution in [1.82, 2.24) is 4.98 Å². The lowest BCUT2D eigenvalue weighted by Gasteiger charge is -2.01. The van der Waals surface area contributed by atoms with Gasteiger partial charge in [0.1, 0.15) is 0 Å². The van der Waals surface area contributed by atoms with Crippen molar-refractivity contribution in [3.05, 3.63) is 45.4 Å². The minimum Gasteiger partial charge on any atom is -0.375 e. The normalized spacial score (nSPS) is 15.1. The molecule has 0 amide bonds. The number of hydrogen-bond acceptors (Lipinski definition) is 3. The molecule has 1 aliphatic rings. The van der Waals surface area contributed by atoms with E-state index in [4.69, 9.17) is 17.3 Å².